The zero-order valence-electron chi connectivity index (χ0n) is 8.14. The number of aromatic nitrogens is 1. The van der Waals surface area contributed by atoms with Gasteiger partial charge in [0, 0.05) is 12.4 Å². The Morgan fingerprint density at radius 1 is 1.31 bits per heavy atom. The zero-order valence-corrected chi connectivity index (χ0v) is 8.14. The molecule has 1 nitrogen and oxygen atoms in total. The summed E-state index contributed by atoms with van der Waals surface area (Å²) in [7, 11) is 0. The number of fused-ring (bicyclic) bond motifs is 1. The maximum absolute atomic E-state index is 4.26. The molecule has 0 saturated carbocycles. The molecule has 0 spiro atoms. The average molecular weight is 173 g/mol. The molecular formula is C12H15N. The third-order valence-electron chi connectivity index (χ3n) is 2.73. The molecule has 0 amide bonds. The Morgan fingerprint density at radius 3 is 2.85 bits per heavy atom. The van der Waals surface area contributed by atoms with Crippen LogP contribution < -0.4 is 0 Å². The third-order valence-corrected chi connectivity index (χ3v) is 2.73. The van der Waals surface area contributed by atoms with E-state index in [1.807, 2.05) is 12.4 Å². The van der Waals surface area contributed by atoms with Gasteiger partial charge in [-0.3, -0.25) is 4.98 Å². The normalized spacial score (nSPS) is 15.2. The predicted molar refractivity (Wildman–Crippen MR) is 55.6 cm³/mol. The minimum atomic E-state index is 1.14. The van der Waals surface area contributed by atoms with Crippen LogP contribution in [-0.4, -0.2) is 4.98 Å². The maximum atomic E-state index is 4.26. The first-order valence-electron chi connectivity index (χ1n) is 4.90. The number of aryl methyl sites for hydroxylation is 1. The van der Waals surface area contributed by atoms with Gasteiger partial charge in [-0.15, -0.1) is 0 Å². The molecule has 0 saturated heterocycles. The van der Waals surface area contributed by atoms with E-state index in [9.17, 15) is 0 Å². The third kappa shape index (κ3) is 1.51. The topological polar surface area (TPSA) is 12.9 Å². The van der Waals surface area contributed by atoms with Gasteiger partial charge in [-0.1, -0.05) is 6.58 Å². The van der Waals surface area contributed by atoms with Gasteiger partial charge >= 0.3 is 0 Å². The highest BCUT2D eigenvalue weighted by Gasteiger charge is 2.13. The van der Waals surface area contributed by atoms with Crippen molar-refractivity contribution in [1.29, 1.82) is 0 Å². The van der Waals surface area contributed by atoms with Crippen LogP contribution in [0.25, 0.3) is 5.57 Å². The minimum Gasteiger partial charge on any atom is -0.264 e. The van der Waals surface area contributed by atoms with Gasteiger partial charge in [0.15, 0.2) is 0 Å². The van der Waals surface area contributed by atoms with Crippen molar-refractivity contribution >= 4 is 5.57 Å². The molecule has 1 aromatic heterocycles. The van der Waals surface area contributed by atoms with Gasteiger partial charge < -0.3 is 0 Å². The fourth-order valence-electron chi connectivity index (χ4n) is 2.03. The minimum absolute atomic E-state index is 1.14. The Hall–Kier alpha value is -1.11. The molecule has 1 aromatic rings. The lowest BCUT2D eigenvalue weighted by atomic mass is 9.88. The van der Waals surface area contributed by atoms with Gasteiger partial charge in [0.25, 0.3) is 0 Å². The summed E-state index contributed by atoms with van der Waals surface area (Å²) in [5.74, 6) is 0. The summed E-state index contributed by atoms with van der Waals surface area (Å²) in [4.78, 5) is 4.26. The van der Waals surface area contributed by atoms with Crippen LogP contribution in [-0.2, 0) is 12.8 Å². The molecule has 0 bridgehead atoms. The van der Waals surface area contributed by atoms with E-state index in [2.05, 4.69) is 18.5 Å². The van der Waals surface area contributed by atoms with Crippen molar-refractivity contribution < 1.29 is 0 Å². The maximum Gasteiger partial charge on any atom is 0.0345 e. The Balaban J connectivity index is 2.52. The van der Waals surface area contributed by atoms with Gasteiger partial charge in [-0.25, -0.2) is 0 Å². The van der Waals surface area contributed by atoms with E-state index < -0.39 is 0 Å². The molecule has 1 aliphatic carbocycles. The molecule has 0 fully saturated rings. The molecule has 0 aliphatic heterocycles. The highest BCUT2D eigenvalue weighted by Crippen LogP contribution is 2.26. The smallest absolute Gasteiger partial charge is 0.0345 e. The quantitative estimate of drug-likeness (QED) is 0.636. The van der Waals surface area contributed by atoms with Crippen LogP contribution in [0.1, 0.15) is 36.5 Å². The first kappa shape index (κ1) is 8.49. The monoisotopic (exact) mass is 173 g/mol. The van der Waals surface area contributed by atoms with Gasteiger partial charge in [0.05, 0.1) is 0 Å². The summed E-state index contributed by atoms with van der Waals surface area (Å²) in [5, 5.41) is 0. The standard InChI is InChI=1S/C12H15N/c1-9(2)12-8-13-7-10-5-3-4-6-11(10)12/h7-8H,1,3-6H2,2H3. The fraction of sp³-hybridized carbons (Fsp3) is 0.417. The van der Waals surface area contributed by atoms with Crippen LogP contribution in [0.2, 0.25) is 0 Å². The number of hydrogen-bond donors (Lipinski definition) is 0. The lowest BCUT2D eigenvalue weighted by Crippen LogP contribution is -2.06. The number of allylic oxidation sites excluding steroid dienone is 1. The molecule has 1 heteroatoms. The molecule has 0 atom stereocenters. The molecule has 0 N–H and O–H groups in total. The number of nitrogens with zero attached hydrogens (tertiary/aromatic N) is 1. The van der Waals surface area contributed by atoms with Crippen LogP contribution in [0.15, 0.2) is 19.0 Å². The van der Waals surface area contributed by atoms with Crippen LogP contribution in [0.3, 0.4) is 0 Å². The SMILES string of the molecule is C=C(C)c1cncc2c1CCCC2. The van der Waals surface area contributed by atoms with Crippen molar-refractivity contribution in [3.8, 4) is 0 Å². The van der Waals surface area contributed by atoms with Crippen molar-refractivity contribution in [2.45, 2.75) is 32.6 Å². The highest BCUT2D eigenvalue weighted by atomic mass is 14.6. The molecule has 2 rings (SSSR count). The van der Waals surface area contributed by atoms with Crippen molar-refractivity contribution in [1.82, 2.24) is 4.98 Å². The van der Waals surface area contributed by atoms with E-state index in [0.717, 1.165) is 5.57 Å². The van der Waals surface area contributed by atoms with Crippen molar-refractivity contribution in [3.63, 3.8) is 0 Å². The highest BCUT2D eigenvalue weighted by molar-refractivity contribution is 5.65. The van der Waals surface area contributed by atoms with Gasteiger partial charge in [-0.05, 0) is 54.9 Å². The second-order valence-electron chi connectivity index (χ2n) is 3.81. The molecule has 0 radical (unpaired) electrons. The Bertz CT molecular complexity index is 339. The van der Waals surface area contributed by atoms with Crippen molar-refractivity contribution in [2.75, 3.05) is 0 Å². The van der Waals surface area contributed by atoms with E-state index in [4.69, 9.17) is 0 Å². The number of rotatable bonds is 1. The fourth-order valence-corrected chi connectivity index (χ4v) is 2.03. The van der Waals surface area contributed by atoms with Crippen LogP contribution in [0.5, 0.6) is 0 Å². The molecule has 0 aromatic carbocycles. The van der Waals surface area contributed by atoms with Gasteiger partial charge in [0.1, 0.15) is 0 Å². The first-order chi connectivity index (χ1) is 6.29. The van der Waals surface area contributed by atoms with E-state index in [-0.39, 0.29) is 0 Å². The van der Waals surface area contributed by atoms with Gasteiger partial charge in [-0.2, -0.15) is 0 Å². The second kappa shape index (κ2) is 3.33. The molecule has 68 valence electrons. The summed E-state index contributed by atoms with van der Waals surface area (Å²) in [5.41, 5.74) is 5.35. The predicted octanol–water partition coefficient (Wildman–Crippen LogP) is 2.99. The number of hydrogen-bond acceptors (Lipinski definition) is 1. The van der Waals surface area contributed by atoms with Crippen LogP contribution >= 0.6 is 0 Å². The molecule has 13 heavy (non-hydrogen) atoms. The van der Waals surface area contributed by atoms with Gasteiger partial charge in [0.2, 0.25) is 0 Å². The summed E-state index contributed by atoms with van der Waals surface area (Å²) in [6.45, 7) is 6.05. The molecular weight excluding hydrogens is 158 g/mol. The molecule has 0 unspecified atom stereocenters. The largest absolute Gasteiger partial charge is 0.264 e. The van der Waals surface area contributed by atoms with E-state index in [0.29, 0.717) is 0 Å². The van der Waals surface area contributed by atoms with E-state index in [1.54, 1.807) is 0 Å². The number of pyridine rings is 1. The molecule has 1 aliphatic rings. The summed E-state index contributed by atoms with van der Waals surface area (Å²) in [6.07, 6.45) is 9.00. The van der Waals surface area contributed by atoms with Crippen molar-refractivity contribution in [2.24, 2.45) is 0 Å². The lowest BCUT2D eigenvalue weighted by Gasteiger charge is -2.18. The van der Waals surface area contributed by atoms with Crippen LogP contribution in [0.4, 0.5) is 0 Å². The summed E-state index contributed by atoms with van der Waals surface area (Å²) in [6, 6.07) is 0. The van der Waals surface area contributed by atoms with E-state index >= 15 is 0 Å². The van der Waals surface area contributed by atoms with Crippen LogP contribution in [0, 0.1) is 0 Å². The van der Waals surface area contributed by atoms with E-state index in [1.165, 1.54) is 42.4 Å². The lowest BCUT2D eigenvalue weighted by molar-refractivity contribution is 0.680. The Labute approximate surface area is 79.5 Å². The second-order valence-corrected chi connectivity index (χ2v) is 3.81. The summed E-state index contributed by atoms with van der Waals surface area (Å²) < 4.78 is 0. The average Bonchev–Trinajstić information content (AvgIpc) is 2.17. The van der Waals surface area contributed by atoms with Crippen molar-refractivity contribution in [3.05, 3.63) is 35.7 Å². The first-order valence-corrected chi connectivity index (χ1v) is 4.90. The Kier molecular flexibility index (Phi) is 2.17. The Morgan fingerprint density at radius 2 is 2.08 bits per heavy atom. The molecule has 1 heterocycles. The zero-order chi connectivity index (χ0) is 9.26. The summed E-state index contributed by atoms with van der Waals surface area (Å²) >= 11 is 0.